The largest absolute Gasteiger partial charge is 0.455 e. The van der Waals surface area contributed by atoms with E-state index in [-0.39, 0.29) is 23.9 Å². The minimum Gasteiger partial charge on any atom is -0.455 e. The number of carbonyl (C=O) groups is 2. The van der Waals surface area contributed by atoms with Gasteiger partial charge >= 0.3 is 0 Å². The number of hydrogen-bond donors (Lipinski definition) is 1. The fraction of sp³-hybridized carbons (Fsp3) is 0.294. The molecule has 1 aromatic carbocycles. The van der Waals surface area contributed by atoms with Crippen molar-refractivity contribution >= 4 is 17.5 Å². The van der Waals surface area contributed by atoms with Crippen molar-refractivity contribution in [2.75, 3.05) is 18.5 Å². The Labute approximate surface area is 138 Å². The van der Waals surface area contributed by atoms with Crippen molar-refractivity contribution in [3.63, 3.8) is 0 Å². The van der Waals surface area contributed by atoms with Crippen LogP contribution in [0.5, 0.6) is 0 Å². The molecule has 1 aliphatic rings. The first kappa shape index (κ1) is 16.2. The third-order valence-corrected chi connectivity index (χ3v) is 4.18. The summed E-state index contributed by atoms with van der Waals surface area (Å²) in [6.45, 7) is 0.550. The molecule has 24 heavy (non-hydrogen) atoms. The smallest absolute Gasteiger partial charge is 0.289 e. The van der Waals surface area contributed by atoms with Gasteiger partial charge < -0.3 is 20.0 Å². The first-order valence-corrected chi connectivity index (χ1v) is 7.64. The fourth-order valence-corrected chi connectivity index (χ4v) is 2.85. The minimum atomic E-state index is -0.650. The molecule has 0 bridgehead atoms. The second-order valence-corrected chi connectivity index (χ2v) is 5.63. The third kappa shape index (κ3) is 2.78. The van der Waals surface area contributed by atoms with E-state index in [2.05, 4.69) is 0 Å². The lowest BCUT2D eigenvalue weighted by molar-refractivity contribution is -0.120. The summed E-state index contributed by atoms with van der Waals surface area (Å²) in [4.78, 5) is 27.8. The number of likely N-dealkylation sites (N-methyl/N-ethyl adjacent to an activating group) is 1. The number of amides is 2. The highest BCUT2D eigenvalue weighted by atomic mass is 19.1. The fourth-order valence-electron chi connectivity index (χ4n) is 2.85. The van der Waals surface area contributed by atoms with Crippen molar-refractivity contribution in [2.45, 2.75) is 19.0 Å². The summed E-state index contributed by atoms with van der Waals surface area (Å²) in [5, 5.41) is 0. The zero-order chi connectivity index (χ0) is 17.3. The van der Waals surface area contributed by atoms with Crippen molar-refractivity contribution in [2.24, 2.45) is 5.73 Å². The Hall–Kier alpha value is -2.67. The number of halogens is 1. The van der Waals surface area contributed by atoms with Gasteiger partial charge in [-0.15, -0.1) is 0 Å². The van der Waals surface area contributed by atoms with Gasteiger partial charge in [-0.1, -0.05) is 12.1 Å². The summed E-state index contributed by atoms with van der Waals surface area (Å²) >= 11 is 0. The van der Waals surface area contributed by atoms with Crippen LogP contribution in [0.2, 0.25) is 0 Å². The summed E-state index contributed by atoms with van der Waals surface area (Å²) in [5.41, 5.74) is 5.70. The number of carbonyl (C=O) groups excluding carboxylic acids is 2. The summed E-state index contributed by atoms with van der Waals surface area (Å²) in [6, 6.07) is 8.62. The molecule has 0 radical (unpaired) electrons. The van der Waals surface area contributed by atoms with E-state index in [1.807, 2.05) is 0 Å². The average Bonchev–Trinajstić information content (AvgIpc) is 3.21. The summed E-state index contributed by atoms with van der Waals surface area (Å²) < 4.78 is 19.2. The van der Waals surface area contributed by atoms with Crippen LogP contribution in [0.1, 0.15) is 22.7 Å². The van der Waals surface area contributed by atoms with Crippen molar-refractivity contribution in [3.05, 3.63) is 53.7 Å². The molecule has 2 N–H and O–H groups in total. The van der Waals surface area contributed by atoms with Gasteiger partial charge in [-0.2, -0.15) is 0 Å². The molecule has 0 saturated carbocycles. The Morgan fingerprint density at radius 2 is 2.12 bits per heavy atom. The Morgan fingerprint density at radius 3 is 2.79 bits per heavy atom. The zero-order valence-corrected chi connectivity index (χ0v) is 13.2. The van der Waals surface area contributed by atoms with Crippen molar-refractivity contribution in [3.8, 4) is 0 Å². The van der Waals surface area contributed by atoms with Crippen molar-refractivity contribution in [1.82, 2.24) is 4.90 Å². The molecule has 7 heteroatoms. The number of anilines is 1. The molecule has 0 unspecified atom stereocenters. The van der Waals surface area contributed by atoms with Crippen molar-refractivity contribution in [1.29, 1.82) is 0 Å². The maximum absolute atomic E-state index is 13.9. The molecule has 1 saturated heterocycles. The van der Waals surface area contributed by atoms with Gasteiger partial charge in [0.1, 0.15) is 17.6 Å². The predicted molar refractivity (Wildman–Crippen MR) is 85.9 cm³/mol. The molecule has 126 valence electrons. The van der Waals surface area contributed by atoms with Crippen LogP contribution >= 0.6 is 0 Å². The van der Waals surface area contributed by atoms with Gasteiger partial charge in [0.2, 0.25) is 5.91 Å². The number of rotatable bonds is 4. The first-order chi connectivity index (χ1) is 11.5. The summed E-state index contributed by atoms with van der Waals surface area (Å²) in [5.74, 6) is -0.531. The lowest BCUT2D eigenvalue weighted by Crippen LogP contribution is -2.43. The van der Waals surface area contributed by atoms with E-state index in [0.29, 0.717) is 18.7 Å². The van der Waals surface area contributed by atoms with Gasteiger partial charge in [0.05, 0.1) is 12.2 Å². The monoisotopic (exact) mass is 331 g/mol. The molecular formula is C17H18FN3O3. The minimum absolute atomic E-state index is 0.134. The number of para-hydroxylation sites is 1. The van der Waals surface area contributed by atoms with E-state index < -0.39 is 17.8 Å². The molecule has 0 spiro atoms. The number of nitrogens with zero attached hydrogens (tertiary/aromatic N) is 2. The lowest BCUT2D eigenvalue weighted by atomic mass is 10.2. The van der Waals surface area contributed by atoms with Crippen LogP contribution in [0, 0.1) is 5.82 Å². The molecule has 0 aliphatic carbocycles. The maximum atomic E-state index is 13.9. The van der Waals surface area contributed by atoms with Crippen molar-refractivity contribution < 1.29 is 18.4 Å². The van der Waals surface area contributed by atoms with Gasteiger partial charge in [-0.25, -0.2) is 4.39 Å². The van der Waals surface area contributed by atoms with Gasteiger partial charge in [0, 0.05) is 13.6 Å². The normalized spacial score (nSPS) is 17.4. The zero-order valence-electron chi connectivity index (χ0n) is 13.2. The number of nitrogens with two attached hydrogens (primary N) is 1. The van der Waals surface area contributed by atoms with Crippen LogP contribution < -0.4 is 10.6 Å². The van der Waals surface area contributed by atoms with Gasteiger partial charge in [0.25, 0.3) is 5.91 Å². The maximum Gasteiger partial charge on any atom is 0.289 e. The number of hydrogen-bond acceptors (Lipinski definition) is 4. The molecule has 1 aromatic heterocycles. The van der Waals surface area contributed by atoms with E-state index in [9.17, 15) is 14.0 Å². The van der Waals surface area contributed by atoms with Crippen LogP contribution in [0.25, 0.3) is 0 Å². The van der Waals surface area contributed by atoms with Crippen LogP contribution in [-0.2, 0) is 11.3 Å². The lowest BCUT2D eigenvalue weighted by Gasteiger charge is -2.23. The standard InChI is InChI=1S/C17H18FN3O3/c1-20(17(23)15-7-6-11(10-19)24-15)14-8-9-21(16(14)22)13-5-3-2-4-12(13)18/h2-7,14H,8-10,19H2,1H3/t14-/m0/s1. The first-order valence-electron chi connectivity index (χ1n) is 7.64. The van der Waals surface area contributed by atoms with Crippen LogP contribution in [0.3, 0.4) is 0 Å². The van der Waals surface area contributed by atoms with Crippen LogP contribution in [0.4, 0.5) is 10.1 Å². The quantitative estimate of drug-likeness (QED) is 0.926. The Morgan fingerprint density at radius 1 is 1.38 bits per heavy atom. The van der Waals surface area contributed by atoms with Crippen LogP contribution in [0.15, 0.2) is 40.8 Å². The molecule has 6 nitrogen and oxygen atoms in total. The van der Waals surface area contributed by atoms with Crippen LogP contribution in [-0.4, -0.2) is 36.3 Å². The molecule has 2 amide bonds. The highest BCUT2D eigenvalue weighted by Crippen LogP contribution is 2.27. The van der Waals surface area contributed by atoms with E-state index >= 15 is 0 Å². The van der Waals surface area contributed by atoms with Gasteiger partial charge in [-0.05, 0) is 30.7 Å². The Balaban J connectivity index is 1.77. The molecule has 1 fully saturated rings. The predicted octanol–water partition coefficient (Wildman–Crippen LogP) is 1.75. The summed E-state index contributed by atoms with van der Waals surface area (Å²) in [7, 11) is 1.54. The van der Waals surface area contributed by atoms with E-state index in [4.69, 9.17) is 10.2 Å². The topological polar surface area (TPSA) is 79.8 Å². The van der Waals surface area contributed by atoms with Gasteiger partial charge in [-0.3, -0.25) is 9.59 Å². The molecular weight excluding hydrogens is 313 g/mol. The molecule has 2 aromatic rings. The van der Waals surface area contributed by atoms with E-state index in [1.54, 1.807) is 31.3 Å². The Kier molecular flexibility index (Phi) is 4.35. The average molecular weight is 331 g/mol. The molecule has 3 rings (SSSR count). The third-order valence-electron chi connectivity index (χ3n) is 4.18. The molecule has 1 aliphatic heterocycles. The second kappa shape index (κ2) is 6.45. The van der Waals surface area contributed by atoms with E-state index in [1.165, 1.54) is 21.9 Å². The number of benzene rings is 1. The molecule has 1 atom stereocenters. The summed E-state index contributed by atoms with van der Waals surface area (Å²) in [6.07, 6.45) is 0.430. The number of furan rings is 1. The molecule has 2 heterocycles. The SMILES string of the molecule is CN(C(=O)c1ccc(CN)o1)[C@H]1CCN(c2ccccc2F)C1=O. The second-order valence-electron chi connectivity index (χ2n) is 5.63. The highest BCUT2D eigenvalue weighted by molar-refractivity contribution is 6.03. The van der Waals surface area contributed by atoms with E-state index in [0.717, 1.165) is 0 Å². The van der Waals surface area contributed by atoms with Gasteiger partial charge in [0.15, 0.2) is 5.76 Å². The highest BCUT2D eigenvalue weighted by Gasteiger charge is 2.38. The Bertz CT molecular complexity index is 774.